The summed E-state index contributed by atoms with van der Waals surface area (Å²) in [5.74, 6) is 0. The standard InChI is InChI=1S/C13H26N2O4/c1-5-8-18-13(17)15-11(4)7-6-9-19-12(16)14-10(2)3/h10-11H,5-9H2,1-4H3,(H,14,16)(H,15,17). The van der Waals surface area contributed by atoms with E-state index in [-0.39, 0.29) is 12.1 Å². The molecule has 19 heavy (non-hydrogen) atoms. The molecule has 0 saturated carbocycles. The Bertz CT molecular complexity index is 269. The fourth-order valence-corrected chi connectivity index (χ4v) is 1.34. The van der Waals surface area contributed by atoms with Crippen molar-refractivity contribution in [2.45, 2.75) is 59.0 Å². The minimum absolute atomic E-state index is 0.00103. The summed E-state index contributed by atoms with van der Waals surface area (Å²) < 4.78 is 9.88. The van der Waals surface area contributed by atoms with Crippen LogP contribution in [-0.4, -0.2) is 37.5 Å². The third-order valence-corrected chi connectivity index (χ3v) is 2.22. The smallest absolute Gasteiger partial charge is 0.407 e. The van der Waals surface area contributed by atoms with Crippen LogP contribution in [0.5, 0.6) is 0 Å². The molecule has 0 aliphatic carbocycles. The van der Waals surface area contributed by atoms with Gasteiger partial charge in [-0.2, -0.15) is 0 Å². The topological polar surface area (TPSA) is 76.7 Å². The third kappa shape index (κ3) is 11.4. The first kappa shape index (κ1) is 17.5. The molecule has 0 radical (unpaired) electrons. The van der Waals surface area contributed by atoms with Crippen LogP contribution in [-0.2, 0) is 9.47 Å². The Morgan fingerprint density at radius 1 is 1.00 bits per heavy atom. The zero-order chi connectivity index (χ0) is 14.7. The largest absolute Gasteiger partial charge is 0.450 e. The van der Waals surface area contributed by atoms with Crippen molar-refractivity contribution in [3.63, 3.8) is 0 Å². The Balaban J connectivity index is 3.55. The predicted octanol–water partition coefficient (Wildman–Crippen LogP) is 2.43. The summed E-state index contributed by atoms with van der Waals surface area (Å²) in [6.45, 7) is 8.34. The molecule has 0 bridgehead atoms. The molecule has 112 valence electrons. The maximum atomic E-state index is 11.2. The number of rotatable bonds is 8. The maximum absolute atomic E-state index is 11.2. The Labute approximate surface area is 115 Å². The quantitative estimate of drug-likeness (QED) is 0.666. The first-order valence-corrected chi connectivity index (χ1v) is 6.82. The molecule has 0 aromatic rings. The lowest BCUT2D eigenvalue weighted by molar-refractivity contribution is 0.134. The molecule has 0 saturated heterocycles. The average molecular weight is 274 g/mol. The van der Waals surface area contributed by atoms with Crippen molar-refractivity contribution in [2.75, 3.05) is 13.2 Å². The first-order valence-electron chi connectivity index (χ1n) is 6.82. The number of nitrogens with one attached hydrogen (secondary N) is 2. The number of ether oxygens (including phenoxy) is 2. The van der Waals surface area contributed by atoms with Gasteiger partial charge < -0.3 is 20.1 Å². The Morgan fingerprint density at radius 3 is 2.16 bits per heavy atom. The van der Waals surface area contributed by atoms with Gasteiger partial charge in [0.05, 0.1) is 13.2 Å². The molecule has 0 aromatic heterocycles. The lowest BCUT2D eigenvalue weighted by atomic mass is 10.2. The Kier molecular flexibility index (Phi) is 9.66. The normalized spacial score (nSPS) is 11.8. The SMILES string of the molecule is CCCOC(=O)NC(C)CCCOC(=O)NC(C)C. The fourth-order valence-electron chi connectivity index (χ4n) is 1.34. The summed E-state index contributed by atoms with van der Waals surface area (Å²) in [4.78, 5) is 22.4. The van der Waals surface area contributed by atoms with Crippen LogP contribution in [0, 0.1) is 0 Å². The minimum Gasteiger partial charge on any atom is -0.450 e. The average Bonchev–Trinajstić information content (AvgIpc) is 2.31. The first-order chi connectivity index (χ1) is 8.95. The molecular formula is C13H26N2O4. The number of amides is 2. The maximum Gasteiger partial charge on any atom is 0.407 e. The van der Waals surface area contributed by atoms with E-state index in [1.165, 1.54) is 0 Å². The fraction of sp³-hybridized carbons (Fsp3) is 0.846. The molecule has 0 spiro atoms. The van der Waals surface area contributed by atoms with E-state index in [4.69, 9.17) is 9.47 Å². The number of alkyl carbamates (subject to hydrolysis) is 2. The molecule has 2 N–H and O–H groups in total. The zero-order valence-electron chi connectivity index (χ0n) is 12.3. The van der Waals surface area contributed by atoms with Crippen LogP contribution < -0.4 is 10.6 Å². The second-order valence-electron chi connectivity index (χ2n) is 4.76. The summed E-state index contributed by atoms with van der Waals surface area (Å²) in [5.41, 5.74) is 0. The predicted molar refractivity (Wildman–Crippen MR) is 73.1 cm³/mol. The van der Waals surface area contributed by atoms with Gasteiger partial charge in [-0.1, -0.05) is 6.92 Å². The molecule has 6 heteroatoms. The van der Waals surface area contributed by atoms with Crippen LogP contribution in [0.1, 0.15) is 47.0 Å². The van der Waals surface area contributed by atoms with E-state index >= 15 is 0 Å². The van der Waals surface area contributed by atoms with E-state index in [0.29, 0.717) is 19.6 Å². The van der Waals surface area contributed by atoms with Gasteiger partial charge in [-0.25, -0.2) is 9.59 Å². The molecule has 1 atom stereocenters. The summed E-state index contributed by atoms with van der Waals surface area (Å²) in [6.07, 6.45) is 1.43. The summed E-state index contributed by atoms with van der Waals surface area (Å²) in [7, 11) is 0. The summed E-state index contributed by atoms with van der Waals surface area (Å²) >= 11 is 0. The minimum atomic E-state index is -0.405. The van der Waals surface area contributed by atoms with Crippen LogP contribution in [0.2, 0.25) is 0 Å². The van der Waals surface area contributed by atoms with Gasteiger partial charge in [0.1, 0.15) is 0 Å². The van der Waals surface area contributed by atoms with Crippen LogP contribution >= 0.6 is 0 Å². The lowest BCUT2D eigenvalue weighted by Crippen LogP contribution is -2.34. The van der Waals surface area contributed by atoms with E-state index < -0.39 is 12.2 Å². The van der Waals surface area contributed by atoms with Crippen molar-refractivity contribution in [1.29, 1.82) is 0 Å². The van der Waals surface area contributed by atoms with Crippen molar-refractivity contribution in [3.8, 4) is 0 Å². The number of carbonyl (C=O) groups excluding carboxylic acids is 2. The molecule has 2 amide bonds. The Morgan fingerprint density at radius 2 is 1.58 bits per heavy atom. The monoisotopic (exact) mass is 274 g/mol. The van der Waals surface area contributed by atoms with Gasteiger partial charge in [-0.05, 0) is 40.0 Å². The van der Waals surface area contributed by atoms with E-state index in [1.807, 2.05) is 27.7 Å². The molecule has 0 rings (SSSR count). The summed E-state index contributed by atoms with van der Waals surface area (Å²) in [6, 6.07) is 0.0718. The zero-order valence-corrected chi connectivity index (χ0v) is 12.3. The van der Waals surface area contributed by atoms with Crippen molar-refractivity contribution < 1.29 is 19.1 Å². The van der Waals surface area contributed by atoms with Gasteiger partial charge in [0.25, 0.3) is 0 Å². The third-order valence-electron chi connectivity index (χ3n) is 2.22. The lowest BCUT2D eigenvalue weighted by Gasteiger charge is -2.14. The van der Waals surface area contributed by atoms with E-state index in [2.05, 4.69) is 10.6 Å². The van der Waals surface area contributed by atoms with Crippen LogP contribution in [0.4, 0.5) is 9.59 Å². The molecule has 0 aromatic carbocycles. The van der Waals surface area contributed by atoms with Crippen LogP contribution in [0.15, 0.2) is 0 Å². The van der Waals surface area contributed by atoms with Gasteiger partial charge in [0.2, 0.25) is 0 Å². The van der Waals surface area contributed by atoms with Gasteiger partial charge in [-0.3, -0.25) is 0 Å². The molecular weight excluding hydrogens is 248 g/mol. The highest BCUT2D eigenvalue weighted by molar-refractivity contribution is 5.67. The van der Waals surface area contributed by atoms with Gasteiger partial charge in [-0.15, -0.1) is 0 Å². The second-order valence-corrected chi connectivity index (χ2v) is 4.76. The molecule has 0 fully saturated rings. The number of hydrogen-bond acceptors (Lipinski definition) is 4. The highest BCUT2D eigenvalue weighted by atomic mass is 16.6. The number of hydrogen-bond donors (Lipinski definition) is 2. The molecule has 6 nitrogen and oxygen atoms in total. The van der Waals surface area contributed by atoms with Crippen LogP contribution in [0.3, 0.4) is 0 Å². The van der Waals surface area contributed by atoms with Crippen LogP contribution in [0.25, 0.3) is 0 Å². The van der Waals surface area contributed by atoms with Gasteiger partial charge in [0.15, 0.2) is 0 Å². The van der Waals surface area contributed by atoms with E-state index in [0.717, 1.165) is 12.8 Å². The van der Waals surface area contributed by atoms with Crippen molar-refractivity contribution >= 4 is 12.2 Å². The number of carbonyl (C=O) groups is 2. The Hall–Kier alpha value is -1.46. The molecule has 0 aliphatic heterocycles. The summed E-state index contributed by atoms with van der Waals surface area (Å²) in [5, 5.41) is 5.35. The van der Waals surface area contributed by atoms with Crippen molar-refractivity contribution in [1.82, 2.24) is 10.6 Å². The highest BCUT2D eigenvalue weighted by Crippen LogP contribution is 1.98. The highest BCUT2D eigenvalue weighted by Gasteiger charge is 2.08. The second kappa shape index (κ2) is 10.5. The van der Waals surface area contributed by atoms with Gasteiger partial charge >= 0.3 is 12.2 Å². The molecule has 0 aliphatic rings. The molecule has 1 unspecified atom stereocenters. The van der Waals surface area contributed by atoms with Crippen molar-refractivity contribution in [3.05, 3.63) is 0 Å². The van der Waals surface area contributed by atoms with E-state index in [1.54, 1.807) is 0 Å². The molecule has 0 heterocycles. The van der Waals surface area contributed by atoms with Crippen molar-refractivity contribution in [2.24, 2.45) is 0 Å². The van der Waals surface area contributed by atoms with E-state index in [9.17, 15) is 9.59 Å². The van der Waals surface area contributed by atoms with Gasteiger partial charge in [0, 0.05) is 12.1 Å².